The van der Waals surface area contributed by atoms with Crippen LogP contribution in [0.15, 0.2) is 48.5 Å². The molecule has 2 aromatic carbocycles. The molecule has 2 N–H and O–H groups in total. The highest BCUT2D eigenvalue weighted by atomic mass is 16.6. The zero-order chi connectivity index (χ0) is 18.9. The van der Waals surface area contributed by atoms with Gasteiger partial charge in [-0.25, -0.2) is 4.79 Å². The highest BCUT2D eigenvalue weighted by molar-refractivity contribution is 5.96. The number of aliphatic hydroxyl groups excluding tert-OH is 1. The van der Waals surface area contributed by atoms with Gasteiger partial charge in [-0.15, -0.1) is 0 Å². The third kappa shape index (κ3) is 5.32. The molecule has 6 heteroatoms. The summed E-state index contributed by atoms with van der Waals surface area (Å²) >= 11 is 0. The lowest BCUT2D eigenvalue weighted by molar-refractivity contribution is -0.147. The van der Waals surface area contributed by atoms with E-state index in [1.54, 1.807) is 30.3 Å². The van der Waals surface area contributed by atoms with Crippen molar-refractivity contribution in [3.63, 3.8) is 0 Å². The minimum atomic E-state index is -1.12. The maximum absolute atomic E-state index is 12.1. The maximum atomic E-state index is 12.1. The Morgan fingerprint density at radius 3 is 2.27 bits per heavy atom. The van der Waals surface area contributed by atoms with Crippen LogP contribution in [0.5, 0.6) is 5.75 Å². The molecule has 1 amide bonds. The summed E-state index contributed by atoms with van der Waals surface area (Å²) in [6.45, 7) is 3.53. The number of esters is 1. The summed E-state index contributed by atoms with van der Waals surface area (Å²) < 4.78 is 10.7. The van der Waals surface area contributed by atoms with Gasteiger partial charge in [0.1, 0.15) is 19.0 Å². The average Bonchev–Trinajstić information content (AvgIpc) is 2.65. The highest BCUT2D eigenvalue weighted by Gasteiger charge is 2.22. The molecular formula is C20H23NO5. The molecule has 0 radical (unpaired) electrons. The Morgan fingerprint density at radius 2 is 1.65 bits per heavy atom. The maximum Gasteiger partial charge on any atom is 0.331 e. The first-order valence-electron chi connectivity index (χ1n) is 8.35. The third-order valence-corrected chi connectivity index (χ3v) is 3.79. The molecule has 0 fully saturated rings. The van der Waals surface area contributed by atoms with E-state index in [1.165, 1.54) is 0 Å². The van der Waals surface area contributed by atoms with Crippen LogP contribution in [-0.4, -0.2) is 42.8 Å². The Morgan fingerprint density at radius 1 is 1.00 bits per heavy atom. The van der Waals surface area contributed by atoms with Gasteiger partial charge in [0.05, 0.1) is 6.61 Å². The molecule has 0 saturated carbocycles. The molecule has 0 saturated heterocycles. The zero-order valence-corrected chi connectivity index (χ0v) is 14.9. The molecule has 6 nitrogen and oxygen atoms in total. The predicted molar refractivity (Wildman–Crippen MR) is 97.2 cm³/mol. The van der Waals surface area contributed by atoms with Gasteiger partial charge in [0, 0.05) is 5.56 Å². The fourth-order valence-corrected chi connectivity index (χ4v) is 2.42. The van der Waals surface area contributed by atoms with E-state index in [0.29, 0.717) is 5.56 Å². The largest absolute Gasteiger partial charge is 0.489 e. The molecule has 26 heavy (non-hydrogen) atoms. The quantitative estimate of drug-likeness (QED) is 0.558. The van der Waals surface area contributed by atoms with E-state index < -0.39 is 24.5 Å². The summed E-state index contributed by atoms with van der Waals surface area (Å²) in [5.41, 5.74) is 2.40. The summed E-state index contributed by atoms with van der Waals surface area (Å²) in [6, 6.07) is 13.1. The van der Waals surface area contributed by atoms with Crippen LogP contribution < -0.4 is 10.1 Å². The number of ether oxygens (including phenoxy) is 2. The number of aliphatic hydroxyl groups is 1. The number of carbonyl (C=O) groups excluding carboxylic acids is 2. The first-order chi connectivity index (χ1) is 12.5. The van der Waals surface area contributed by atoms with E-state index in [0.717, 1.165) is 16.9 Å². The lowest BCUT2D eigenvalue weighted by Gasteiger charge is -2.16. The first kappa shape index (κ1) is 19.5. The molecule has 0 aliphatic carbocycles. The summed E-state index contributed by atoms with van der Waals surface area (Å²) in [5.74, 6) is -0.394. The van der Waals surface area contributed by atoms with Gasteiger partial charge in [-0.2, -0.15) is 0 Å². The van der Waals surface area contributed by atoms with E-state index >= 15 is 0 Å². The number of amides is 1. The molecule has 1 atom stereocenters. The molecule has 0 aliphatic heterocycles. The lowest BCUT2D eigenvalue weighted by Crippen LogP contribution is -2.44. The van der Waals surface area contributed by atoms with Gasteiger partial charge >= 0.3 is 5.97 Å². The molecule has 0 bridgehead atoms. The normalized spacial score (nSPS) is 11.5. The van der Waals surface area contributed by atoms with E-state index in [1.807, 2.05) is 32.0 Å². The fourth-order valence-electron chi connectivity index (χ4n) is 2.42. The topological polar surface area (TPSA) is 84.9 Å². The SMILES string of the molecule is Cc1cccc(C)c1OCCOC(=O)C(CO)NC(=O)c1ccccc1. The van der Waals surface area contributed by atoms with Crippen molar-refractivity contribution in [1.29, 1.82) is 0 Å². The van der Waals surface area contributed by atoms with Crippen LogP contribution in [0.2, 0.25) is 0 Å². The van der Waals surface area contributed by atoms with Crippen LogP contribution in [-0.2, 0) is 9.53 Å². The Balaban J connectivity index is 1.81. The molecular weight excluding hydrogens is 334 g/mol. The second kappa shape index (κ2) is 9.58. The summed E-state index contributed by atoms with van der Waals surface area (Å²) in [5, 5.41) is 11.8. The zero-order valence-electron chi connectivity index (χ0n) is 14.9. The van der Waals surface area contributed by atoms with Crippen LogP contribution in [0.25, 0.3) is 0 Å². The number of hydrogen-bond acceptors (Lipinski definition) is 5. The van der Waals surface area contributed by atoms with Crippen LogP contribution in [0.3, 0.4) is 0 Å². The molecule has 1 unspecified atom stereocenters. The smallest absolute Gasteiger partial charge is 0.331 e. The molecule has 0 heterocycles. The van der Waals surface area contributed by atoms with Crippen LogP contribution in [0.1, 0.15) is 21.5 Å². The summed E-state index contributed by atoms with van der Waals surface area (Å²) in [4.78, 5) is 24.1. The first-order valence-corrected chi connectivity index (χ1v) is 8.35. The number of rotatable bonds is 8. The summed E-state index contributed by atoms with van der Waals surface area (Å²) in [6.07, 6.45) is 0. The van der Waals surface area contributed by atoms with E-state index in [-0.39, 0.29) is 13.2 Å². The van der Waals surface area contributed by atoms with E-state index in [4.69, 9.17) is 9.47 Å². The molecule has 138 valence electrons. The Hall–Kier alpha value is -2.86. The third-order valence-electron chi connectivity index (χ3n) is 3.79. The van der Waals surface area contributed by atoms with Crippen molar-refractivity contribution < 1.29 is 24.2 Å². The van der Waals surface area contributed by atoms with Gasteiger partial charge in [0.2, 0.25) is 0 Å². The van der Waals surface area contributed by atoms with Crippen molar-refractivity contribution in [3.05, 3.63) is 65.2 Å². The number of para-hydroxylation sites is 1. The number of benzene rings is 2. The van der Waals surface area contributed by atoms with Crippen molar-refractivity contribution in [2.75, 3.05) is 19.8 Å². The van der Waals surface area contributed by atoms with E-state index in [9.17, 15) is 14.7 Å². The van der Waals surface area contributed by atoms with Crippen molar-refractivity contribution in [2.45, 2.75) is 19.9 Å². The standard InChI is InChI=1S/C20H23NO5/c1-14-7-6-8-15(2)18(14)25-11-12-26-20(24)17(13-22)21-19(23)16-9-4-3-5-10-16/h3-10,17,22H,11-13H2,1-2H3,(H,21,23). The molecule has 2 aromatic rings. The second-order valence-corrected chi connectivity index (χ2v) is 5.81. The monoisotopic (exact) mass is 357 g/mol. The van der Waals surface area contributed by atoms with Crippen LogP contribution >= 0.6 is 0 Å². The van der Waals surface area contributed by atoms with Crippen molar-refractivity contribution >= 4 is 11.9 Å². The summed E-state index contributed by atoms with van der Waals surface area (Å²) in [7, 11) is 0. The molecule has 0 spiro atoms. The van der Waals surface area contributed by atoms with Gasteiger partial charge in [-0.3, -0.25) is 4.79 Å². The average molecular weight is 357 g/mol. The van der Waals surface area contributed by atoms with Crippen molar-refractivity contribution in [2.24, 2.45) is 0 Å². The van der Waals surface area contributed by atoms with Gasteiger partial charge < -0.3 is 19.9 Å². The van der Waals surface area contributed by atoms with Crippen molar-refractivity contribution in [1.82, 2.24) is 5.32 Å². The minimum Gasteiger partial charge on any atom is -0.489 e. The number of carbonyl (C=O) groups is 2. The van der Waals surface area contributed by atoms with Gasteiger partial charge in [0.25, 0.3) is 5.91 Å². The Kier molecular flexibility index (Phi) is 7.17. The van der Waals surface area contributed by atoms with Crippen molar-refractivity contribution in [3.8, 4) is 5.75 Å². The Labute approximate surface area is 152 Å². The highest BCUT2D eigenvalue weighted by Crippen LogP contribution is 2.21. The minimum absolute atomic E-state index is 0.0182. The van der Waals surface area contributed by atoms with Gasteiger partial charge in [0.15, 0.2) is 6.04 Å². The second-order valence-electron chi connectivity index (χ2n) is 5.81. The lowest BCUT2D eigenvalue weighted by atomic mass is 10.1. The molecule has 0 aliphatic rings. The predicted octanol–water partition coefficient (Wildman–Crippen LogP) is 2.02. The van der Waals surface area contributed by atoms with Crippen LogP contribution in [0.4, 0.5) is 0 Å². The molecule has 0 aromatic heterocycles. The van der Waals surface area contributed by atoms with Gasteiger partial charge in [-0.05, 0) is 37.1 Å². The fraction of sp³-hybridized carbons (Fsp3) is 0.300. The number of hydrogen-bond donors (Lipinski definition) is 2. The Bertz CT molecular complexity index is 725. The van der Waals surface area contributed by atoms with Gasteiger partial charge in [-0.1, -0.05) is 36.4 Å². The van der Waals surface area contributed by atoms with E-state index in [2.05, 4.69) is 5.32 Å². The number of aryl methyl sites for hydroxylation is 2. The van der Waals surface area contributed by atoms with Crippen LogP contribution in [0, 0.1) is 13.8 Å². The molecule has 2 rings (SSSR count). The number of nitrogens with one attached hydrogen (secondary N) is 1.